The molecule has 0 spiro atoms. The zero-order chi connectivity index (χ0) is 14.2. The van der Waals surface area contributed by atoms with Crippen LogP contribution in [0.5, 0.6) is 0 Å². The quantitative estimate of drug-likeness (QED) is 0.924. The molecule has 2 heterocycles. The summed E-state index contributed by atoms with van der Waals surface area (Å²) >= 11 is 1.55. The Kier molecular flexibility index (Phi) is 3.71. The molecule has 0 radical (unpaired) electrons. The van der Waals surface area contributed by atoms with Gasteiger partial charge in [-0.25, -0.2) is 4.98 Å². The Morgan fingerprint density at radius 1 is 1.37 bits per heavy atom. The molecule has 2 rings (SSSR count). The third kappa shape index (κ3) is 2.53. The standard InChI is InChI=1S/C13H17N3O2S/c1-7-8(2)19-12-11(7)13(18)16(9(3)15-12)6-4-5-10(14)17/h4-6H2,1-3H3,(H2,14,17). The van der Waals surface area contributed by atoms with Crippen molar-refractivity contribution in [2.24, 2.45) is 5.73 Å². The second-order valence-corrected chi connectivity index (χ2v) is 5.85. The first kappa shape index (κ1) is 13.7. The Morgan fingerprint density at radius 2 is 2.05 bits per heavy atom. The molecule has 19 heavy (non-hydrogen) atoms. The van der Waals surface area contributed by atoms with Gasteiger partial charge in [0.2, 0.25) is 5.91 Å². The number of carbonyl (C=O) groups is 1. The highest BCUT2D eigenvalue weighted by Crippen LogP contribution is 2.26. The summed E-state index contributed by atoms with van der Waals surface area (Å²) in [7, 11) is 0. The summed E-state index contributed by atoms with van der Waals surface area (Å²) in [5.74, 6) is 0.338. The molecule has 1 amide bonds. The van der Waals surface area contributed by atoms with Crippen LogP contribution in [0.25, 0.3) is 10.2 Å². The number of nitrogens with zero attached hydrogens (tertiary/aromatic N) is 2. The first-order valence-electron chi connectivity index (χ1n) is 6.17. The SMILES string of the molecule is Cc1sc2nc(C)n(CCCC(N)=O)c(=O)c2c1C. The summed E-state index contributed by atoms with van der Waals surface area (Å²) < 4.78 is 1.63. The van der Waals surface area contributed by atoms with Crippen LogP contribution in [0.3, 0.4) is 0 Å². The van der Waals surface area contributed by atoms with Crippen LogP contribution >= 0.6 is 11.3 Å². The average Bonchev–Trinajstić information content (AvgIpc) is 2.59. The minimum absolute atomic E-state index is 0.0196. The smallest absolute Gasteiger partial charge is 0.262 e. The number of hydrogen-bond donors (Lipinski definition) is 1. The lowest BCUT2D eigenvalue weighted by Crippen LogP contribution is -2.24. The molecule has 2 aromatic rings. The molecule has 0 atom stereocenters. The molecular weight excluding hydrogens is 262 g/mol. The van der Waals surface area contributed by atoms with Gasteiger partial charge in [-0.3, -0.25) is 14.2 Å². The van der Waals surface area contributed by atoms with Crippen LogP contribution in [-0.4, -0.2) is 15.5 Å². The largest absolute Gasteiger partial charge is 0.370 e. The number of nitrogens with two attached hydrogens (primary N) is 1. The molecule has 0 bridgehead atoms. The Balaban J connectivity index is 2.47. The monoisotopic (exact) mass is 279 g/mol. The summed E-state index contributed by atoms with van der Waals surface area (Å²) in [5.41, 5.74) is 6.09. The minimum Gasteiger partial charge on any atom is -0.370 e. The summed E-state index contributed by atoms with van der Waals surface area (Å²) in [6.07, 6.45) is 0.844. The maximum atomic E-state index is 12.5. The number of rotatable bonds is 4. The summed E-state index contributed by atoms with van der Waals surface area (Å²) in [5, 5.41) is 0.701. The molecule has 0 unspecified atom stereocenters. The molecule has 0 aromatic carbocycles. The topological polar surface area (TPSA) is 78.0 Å². The zero-order valence-corrected chi connectivity index (χ0v) is 12.1. The van der Waals surface area contributed by atoms with E-state index < -0.39 is 0 Å². The van der Waals surface area contributed by atoms with Crippen LogP contribution in [-0.2, 0) is 11.3 Å². The number of aromatic nitrogens is 2. The maximum absolute atomic E-state index is 12.5. The number of carbonyl (C=O) groups excluding carboxylic acids is 1. The van der Waals surface area contributed by atoms with Crippen molar-refractivity contribution in [1.82, 2.24) is 9.55 Å². The lowest BCUT2D eigenvalue weighted by atomic mass is 10.2. The molecule has 0 saturated carbocycles. The first-order chi connectivity index (χ1) is 8.91. The van der Waals surface area contributed by atoms with Crippen molar-refractivity contribution in [3.63, 3.8) is 0 Å². The van der Waals surface area contributed by atoms with Crippen molar-refractivity contribution in [3.8, 4) is 0 Å². The Labute approximate surface area is 115 Å². The van der Waals surface area contributed by atoms with E-state index in [9.17, 15) is 9.59 Å². The van der Waals surface area contributed by atoms with E-state index >= 15 is 0 Å². The van der Waals surface area contributed by atoms with Crippen molar-refractivity contribution < 1.29 is 4.79 Å². The van der Waals surface area contributed by atoms with Gasteiger partial charge >= 0.3 is 0 Å². The predicted molar refractivity (Wildman–Crippen MR) is 76.5 cm³/mol. The molecule has 0 aliphatic heterocycles. The van der Waals surface area contributed by atoms with Crippen LogP contribution in [0.4, 0.5) is 0 Å². The zero-order valence-electron chi connectivity index (χ0n) is 11.3. The van der Waals surface area contributed by atoms with Crippen molar-refractivity contribution in [3.05, 3.63) is 26.6 Å². The molecule has 0 fully saturated rings. The second-order valence-electron chi connectivity index (χ2n) is 4.65. The highest BCUT2D eigenvalue weighted by molar-refractivity contribution is 7.18. The number of aryl methyl sites for hydroxylation is 3. The highest BCUT2D eigenvalue weighted by Gasteiger charge is 2.14. The Bertz CT molecular complexity index is 700. The third-order valence-electron chi connectivity index (χ3n) is 3.28. The van der Waals surface area contributed by atoms with E-state index in [1.54, 1.807) is 15.9 Å². The summed E-state index contributed by atoms with van der Waals surface area (Å²) in [6.45, 7) is 6.23. The predicted octanol–water partition coefficient (Wildman–Crippen LogP) is 1.65. The van der Waals surface area contributed by atoms with Gasteiger partial charge in [0.1, 0.15) is 10.7 Å². The first-order valence-corrected chi connectivity index (χ1v) is 6.99. The Hall–Kier alpha value is -1.69. The van der Waals surface area contributed by atoms with E-state index in [0.717, 1.165) is 15.3 Å². The van der Waals surface area contributed by atoms with Gasteiger partial charge in [-0.05, 0) is 32.8 Å². The number of thiophene rings is 1. The van der Waals surface area contributed by atoms with E-state index in [-0.39, 0.29) is 17.9 Å². The highest BCUT2D eigenvalue weighted by atomic mass is 32.1. The second kappa shape index (κ2) is 5.13. The molecule has 0 aliphatic carbocycles. The molecule has 0 aliphatic rings. The fraction of sp³-hybridized carbons (Fsp3) is 0.462. The summed E-state index contributed by atoms with van der Waals surface area (Å²) in [4.78, 5) is 29.6. The van der Waals surface area contributed by atoms with E-state index in [4.69, 9.17) is 5.73 Å². The van der Waals surface area contributed by atoms with E-state index in [1.165, 1.54) is 0 Å². The van der Waals surface area contributed by atoms with Crippen LogP contribution < -0.4 is 11.3 Å². The van der Waals surface area contributed by atoms with Crippen molar-refractivity contribution in [1.29, 1.82) is 0 Å². The van der Waals surface area contributed by atoms with Crippen molar-refractivity contribution in [2.75, 3.05) is 0 Å². The van der Waals surface area contributed by atoms with Gasteiger partial charge in [0.05, 0.1) is 5.39 Å². The number of fused-ring (bicyclic) bond motifs is 1. The van der Waals surface area contributed by atoms with Crippen LogP contribution in [0.1, 0.15) is 29.1 Å². The number of hydrogen-bond acceptors (Lipinski definition) is 4. The lowest BCUT2D eigenvalue weighted by Gasteiger charge is -2.08. The van der Waals surface area contributed by atoms with Gasteiger partial charge in [0.25, 0.3) is 5.56 Å². The van der Waals surface area contributed by atoms with Gasteiger partial charge in [-0.15, -0.1) is 11.3 Å². The number of primary amides is 1. The van der Waals surface area contributed by atoms with Gasteiger partial charge in [-0.2, -0.15) is 0 Å². The lowest BCUT2D eigenvalue weighted by molar-refractivity contribution is -0.118. The van der Waals surface area contributed by atoms with Crippen LogP contribution in [0, 0.1) is 20.8 Å². The van der Waals surface area contributed by atoms with Crippen molar-refractivity contribution >= 4 is 27.5 Å². The minimum atomic E-state index is -0.345. The van der Waals surface area contributed by atoms with E-state index in [2.05, 4.69) is 4.98 Å². The van der Waals surface area contributed by atoms with E-state index in [1.807, 2.05) is 20.8 Å². The van der Waals surface area contributed by atoms with Gasteiger partial charge < -0.3 is 5.73 Å². The molecule has 102 valence electrons. The third-order valence-corrected chi connectivity index (χ3v) is 4.39. The van der Waals surface area contributed by atoms with Crippen LogP contribution in [0.2, 0.25) is 0 Å². The molecular formula is C13H17N3O2S. The molecule has 0 saturated heterocycles. The number of amides is 1. The summed E-state index contributed by atoms with van der Waals surface area (Å²) in [6, 6.07) is 0. The normalized spacial score (nSPS) is 11.1. The van der Waals surface area contributed by atoms with Gasteiger partial charge in [0, 0.05) is 17.8 Å². The molecule has 6 heteroatoms. The van der Waals surface area contributed by atoms with Gasteiger partial charge in [0.15, 0.2) is 0 Å². The fourth-order valence-electron chi connectivity index (χ4n) is 2.10. The van der Waals surface area contributed by atoms with E-state index in [0.29, 0.717) is 24.2 Å². The van der Waals surface area contributed by atoms with Crippen molar-refractivity contribution in [2.45, 2.75) is 40.2 Å². The fourth-order valence-corrected chi connectivity index (χ4v) is 3.17. The van der Waals surface area contributed by atoms with Gasteiger partial charge in [-0.1, -0.05) is 0 Å². The molecule has 2 N–H and O–H groups in total. The molecule has 5 nitrogen and oxygen atoms in total. The Morgan fingerprint density at radius 3 is 2.68 bits per heavy atom. The average molecular weight is 279 g/mol. The molecule has 2 aromatic heterocycles. The maximum Gasteiger partial charge on any atom is 0.262 e. The van der Waals surface area contributed by atoms with Crippen LogP contribution in [0.15, 0.2) is 4.79 Å².